The van der Waals surface area contributed by atoms with Crippen LogP contribution in [0.2, 0.25) is 0 Å². The zero-order valence-corrected chi connectivity index (χ0v) is 9.93. The maximum atomic E-state index is 11.9. The van der Waals surface area contributed by atoms with Gasteiger partial charge < -0.3 is 15.5 Å². The molecule has 3 N–H and O–H groups in total. The number of carbonyl (C=O) groups excluding carboxylic acids is 1. The maximum absolute atomic E-state index is 11.9. The number of rotatable bonds is 4. The van der Waals surface area contributed by atoms with E-state index in [0.29, 0.717) is 12.8 Å². The third kappa shape index (κ3) is 3.20. The molecule has 3 unspecified atom stereocenters. The van der Waals surface area contributed by atoms with Gasteiger partial charge in [0, 0.05) is 18.5 Å². The van der Waals surface area contributed by atoms with Crippen molar-refractivity contribution >= 4 is 5.91 Å². The van der Waals surface area contributed by atoms with Gasteiger partial charge in [0.25, 0.3) is 0 Å². The van der Waals surface area contributed by atoms with Crippen LogP contribution in [0.15, 0.2) is 35.0 Å². The van der Waals surface area contributed by atoms with Crippen LogP contribution in [0.3, 0.4) is 0 Å². The summed E-state index contributed by atoms with van der Waals surface area (Å²) in [4.78, 5) is 11.9. The molecule has 92 valence electrons. The van der Waals surface area contributed by atoms with E-state index in [2.05, 4.69) is 5.32 Å². The van der Waals surface area contributed by atoms with E-state index in [1.807, 2.05) is 31.2 Å². The molecule has 1 amide bonds. The van der Waals surface area contributed by atoms with Crippen LogP contribution in [-0.4, -0.2) is 18.0 Å². The van der Waals surface area contributed by atoms with Crippen molar-refractivity contribution in [1.82, 2.24) is 5.32 Å². The quantitative estimate of drug-likeness (QED) is 0.770. The molecule has 0 aromatic carbocycles. The van der Waals surface area contributed by atoms with Crippen LogP contribution < -0.4 is 11.1 Å². The highest BCUT2D eigenvalue weighted by molar-refractivity contribution is 5.81. The average molecular weight is 234 g/mol. The number of nitrogens with two attached hydrogens (primary N) is 1. The first-order chi connectivity index (χ1) is 8.15. The summed E-state index contributed by atoms with van der Waals surface area (Å²) in [7, 11) is 0. The van der Waals surface area contributed by atoms with Gasteiger partial charge in [-0.3, -0.25) is 4.79 Å². The summed E-state index contributed by atoms with van der Waals surface area (Å²) in [5.74, 6) is 0.855. The molecule has 17 heavy (non-hydrogen) atoms. The first kappa shape index (κ1) is 11.9. The Kier molecular flexibility index (Phi) is 3.64. The SMILES string of the molecule is CC(Cc1ccco1)NC(=O)C1C=CC(N)C1. The molecule has 4 heteroatoms. The molecule has 1 aromatic rings. The van der Waals surface area contributed by atoms with Gasteiger partial charge in [-0.25, -0.2) is 0 Å². The second kappa shape index (κ2) is 5.19. The van der Waals surface area contributed by atoms with E-state index in [-0.39, 0.29) is 23.9 Å². The minimum Gasteiger partial charge on any atom is -0.469 e. The summed E-state index contributed by atoms with van der Waals surface area (Å²) in [5.41, 5.74) is 5.72. The molecule has 0 spiro atoms. The predicted octanol–water partition coefficient (Wildman–Crippen LogP) is 1.23. The standard InChI is InChI=1S/C13H18N2O2/c1-9(7-12-3-2-6-17-12)15-13(16)10-4-5-11(14)8-10/h2-6,9-11H,7-8,14H2,1H3,(H,15,16). The Balaban J connectivity index is 1.80. The second-order valence-corrected chi connectivity index (χ2v) is 4.58. The molecular formula is C13H18N2O2. The van der Waals surface area contributed by atoms with E-state index >= 15 is 0 Å². The largest absolute Gasteiger partial charge is 0.469 e. The van der Waals surface area contributed by atoms with Gasteiger partial charge in [-0.2, -0.15) is 0 Å². The van der Waals surface area contributed by atoms with Crippen molar-refractivity contribution in [3.05, 3.63) is 36.3 Å². The Morgan fingerprint density at radius 3 is 3.06 bits per heavy atom. The molecule has 0 fully saturated rings. The molecule has 2 rings (SSSR count). The summed E-state index contributed by atoms with van der Waals surface area (Å²) in [6.45, 7) is 1.97. The highest BCUT2D eigenvalue weighted by Crippen LogP contribution is 2.16. The van der Waals surface area contributed by atoms with Crippen LogP contribution in [0.4, 0.5) is 0 Å². The van der Waals surface area contributed by atoms with Gasteiger partial charge in [0.15, 0.2) is 0 Å². The Labute approximate surface area is 101 Å². The van der Waals surface area contributed by atoms with E-state index in [1.54, 1.807) is 6.26 Å². The molecule has 1 heterocycles. The monoisotopic (exact) mass is 234 g/mol. The molecule has 1 aliphatic rings. The third-order valence-corrected chi connectivity index (χ3v) is 2.93. The molecule has 4 nitrogen and oxygen atoms in total. The lowest BCUT2D eigenvalue weighted by Gasteiger charge is -2.15. The summed E-state index contributed by atoms with van der Waals surface area (Å²) in [5, 5.41) is 2.97. The summed E-state index contributed by atoms with van der Waals surface area (Å²) in [6.07, 6.45) is 6.84. The number of carbonyl (C=O) groups is 1. The second-order valence-electron chi connectivity index (χ2n) is 4.58. The molecule has 1 aliphatic carbocycles. The van der Waals surface area contributed by atoms with Crippen LogP contribution in [0.1, 0.15) is 19.1 Å². The Morgan fingerprint density at radius 2 is 2.47 bits per heavy atom. The van der Waals surface area contributed by atoms with E-state index in [9.17, 15) is 4.79 Å². The van der Waals surface area contributed by atoms with Crippen LogP contribution in [0.25, 0.3) is 0 Å². The van der Waals surface area contributed by atoms with E-state index in [4.69, 9.17) is 10.2 Å². The van der Waals surface area contributed by atoms with Gasteiger partial charge in [0.2, 0.25) is 5.91 Å². The van der Waals surface area contributed by atoms with Crippen molar-refractivity contribution in [2.24, 2.45) is 11.7 Å². The normalized spacial score (nSPS) is 24.8. The molecule has 0 saturated heterocycles. The van der Waals surface area contributed by atoms with Crippen molar-refractivity contribution < 1.29 is 9.21 Å². The minimum atomic E-state index is -0.0796. The smallest absolute Gasteiger partial charge is 0.227 e. The number of hydrogen-bond donors (Lipinski definition) is 2. The molecule has 3 atom stereocenters. The lowest BCUT2D eigenvalue weighted by molar-refractivity contribution is -0.124. The van der Waals surface area contributed by atoms with E-state index in [0.717, 1.165) is 5.76 Å². The van der Waals surface area contributed by atoms with Crippen molar-refractivity contribution in [1.29, 1.82) is 0 Å². The molecule has 1 aromatic heterocycles. The molecular weight excluding hydrogens is 216 g/mol. The van der Waals surface area contributed by atoms with Crippen LogP contribution in [0.5, 0.6) is 0 Å². The van der Waals surface area contributed by atoms with Gasteiger partial charge in [-0.05, 0) is 25.5 Å². The van der Waals surface area contributed by atoms with Gasteiger partial charge in [-0.15, -0.1) is 0 Å². The maximum Gasteiger partial charge on any atom is 0.227 e. The summed E-state index contributed by atoms with van der Waals surface area (Å²) in [6, 6.07) is 3.85. The first-order valence-corrected chi connectivity index (χ1v) is 5.92. The number of amides is 1. The van der Waals surface area contributed by atoms with Crippen LogP contribution >= 0.6 is 0 Å². The summed E-state index contributed by atoms with van der Waals surface area (Å²) >= 11 is 0. The molecule has 0 radical (unpaired) electrons. The van der Waals surface area contributed by atoms with Gasteiger partial charge in [-0.1, -0.05) is 12.2 Å². The van der Waals surface area contributed by atoms with Crippen LogP contribution in [0, 0.1) is 5.92 Å². The van der Waals surface area contributed by atoms with E-state index in [1.165, 1.54) is 0 Å². The van der Waals surface area contributed by atoms with Crippen molar-refractivity contribution in [3.63, 3.8) is 0 Å². The molecule has 0 bridgehead atoms. The number of hydrogen-bond acceptors (Lipinski definition) is 3. The Morgan fingerprint density at radius 1 is 1.65 bits per heavy atom. The Hall–Kier alpha value is -1.55. The number of nitrogens with one attached hydrogen (secondary N) is 1. The topological polar surface area (TPSA) is 68.3 Å². The highest BCUT2D eigenvalue weighted by atomic mass is 16.3. The van der Waals surface area contributed by atoms with Gasteiger partial charge >= 0.3 is 0 Å². The fraction of sp³-hybridized carbons (Fsp3) is 0.462. The lowest BCUT2D eigenvalue weighted by atomic mass is 10.1. The highest BCUT2D eigenvalue weighted by Gasteiger charge is 2.23. The summed E-state index contributed by atoms with van der Waals surface area (Å²) < 4.78 is 5.24. The first-order valence-electron chi connectivity index (χ1n) is 5.92. The van der Waals surface area contributed by atoms with Crippen molar-refractivity contribution in [2.45, 2.75) is 31.8 Å². The van der Waals surface area contributed by atoms with Gasteiger partial charge in [0.05, 0.1) is 12.2 Å². The van der Waals surface area contributed by atoms with Crippen molar-refractivity contribution in [3.8, 4) is 0 Å². The third-order valence-electron chi connectivity index (χ3n) is 2.93. The minimum absolute atomic E-state index is 0.0196. The average Bonchev–Trinajstić information content (AvgIpc) is 2.89. The van der Waals surface area contributed by atoms with Crippen molar-refractivity contribution in [2.75, 3.05) is 0 Å². The van der Waals surface area contributed by atoms with Gasteiger partial charge in [0.1, 0.15) is 5.76 Å². The molecule has 0 aliphatic heterocycles. The fourth-order valence-electron chi connectivity index (χ4n) is 2.05. The zero-order valence-electron chi connectivity index (χ0n) is 9.93. The fourth-order valence-corrected chi connectivity index (χ4v) is 2.05. The lowest BCUT2D eigenvalue weighted by Crippen LogP contribution is -2.38. The number of furan rings is 1. The van der Waals surface area contributed by atoms with Crippen LogP contribution in [-0.2, 0) is 11.2 Å². The zero-order chi connectivity index (χ0) is 12.3. The van der Waals surface area contributed by atoms with E-state index < -0.39 is 0 Å². The Bertz CT molecular complexity index is 398. The predicted molar refractivity (Wildman–Crippen MR) is 65.2 cm³/mol. The molecule has 0 saturated carbocycles.